The van der Waals surface area contributed by atoms with Crippen molar-refractivity contribution in [2.24, 2.45) is 4.99 Å². The monoisotopic (exact) mass is 487 g/mol. The molecule has 0 aliphatic heterocycles. The molecule has 0 heterocycles. The van der Waals surface area contributed by atoms with E-state index < -0.39 is 0 Å². The molecule has 0 amide bonds. The van der Waals surface area contributed by atoms with Crippen molar-refractivity contribution in [1.29, 1.82) is 0 Å². The molecule has 0 aliphatic rings. The van der Waals surface area contributed by atoms with E-state index >= 15 is 0 Å². The highest BCUT2D eigenvalue weighted by molar-refractivity contribution is 14.0. The third-order valence-corrected chi connectivity index (χ3v) is 3.75. The van der Waals surface area contributed by atoms with Crippen molar-refractivity contribution in [1.82, 2.24) is 10.6 Å². The maximum Gasteiger partial charge on any atom is 0.191 e. The summed E-state index contributed by atoms with van der Waals surface area (Å²) in [6, 6.07) is 14.6. The number of methoxy groups -OCH3 is 1. The van der Waals surface area contributed by atoms with E-state index in [9.17, 15) is 4.39 Å². The summed E-state index contributed by atoms with van der Waals surface area (Å²) in [6.45, 7) is 2.27. The number of halogens is 2. The molecule has 0 spiro atoms. The fraction of sp³-hybridized carbons (Fsp3) is 0.350. The van der Waals surface area contributed by atoms with Crippen LogP contribution in [0.25, 0.3) is 0 Å². The smallest absolute Gasteiger partial charge is 0.191 e. The lowest BCUT2D eigenvalue weighted by Gasteiger charge is -2.13. The molecule has 0 fully saturated rings. The Balaban J connectivity index is 0.00000364. The molecule has 0 saturated carbocycles. The van der Waals surface area contributed by atoms with Gasteiger partial charge in [-0.25, -0.2) is 4.39 Å². The van der Waals surface area contributed by atoms with Crippen molar-refractivity contribution < 1.29 is 13.9 Å². The van der Waals surface area contributed by atoms with E-state index in [1.165, 1.54) is 6.07 Å². The topological polar surface area (TPSA) is 54.9 Å². The fourth-order valence-electron chi connectivity index (χ4n) is 2.37. The first-order valence-corrected chi connectivity index (χ1v) is 8.61. The number of aliphatic imine (C=N–C) groups is 1. The average Bonchev–Trinajstić information content (AvgIpc) is 2.67. The van der Waals surface area contributed by atoms with Gasteiger partial charge in [0, 0.05) is 45.8 Å². The Morgan fingerprint density at radius 1 is 1.04 bits per heavy atom. The molecule has 0 bridgehead atoms. The van der Waals surface area contributed by atoms with Crippen LogP contribution >= 0.6 is 24.0 Å². The minimum absolute atomic E-state index is 0. The fourth-order valence-corrected chi connectivity index (χ4v) is 2.37. The first-order chi connectivity index (χ1) is 12.7. The van der Waals surface area contributed by atoms with Crippen LogP contribution in [0.2, 0.25) is 0 Å². The Kier molecular flexibility index (Phi) is 11.4. The van der Waals surface area contributed by atoms with Gasteiger partial charge in [-0.15, -0.1) is 24.0 Å². The van der Waals surface area contributed by atoms with E-state index in [-0.39, 0.29) is 29.8 Å². The second kappa shape index (κ2) is 13.3. The van der Waals surface area contributed by atoms with Crippen LogP contribution in [0.4, 0.5) is 4.39 Å². The minimum atomic E-state index is -0.228. The van der Waals surface area contributed by atoms with Gasteiger partial charge in [-0.2, -0.15) is 0 Å². The average molecular weight is 487 g/mol. The van der Waals surface area contributed by atoms with Crippen molar-refractivity contribution in [3.63, 3.8) is 0 Å². The number of rotatable bonds is 9. The second-order valence-electron chi connectivity index (χ2n) is 5.71. The predicted octanol–water partition coefficient (Wildman–Crippen LogP) is 3.72. The third-order valence-electron chi connectivity index (χ3n) is 3.75. The van der Waals surface area contributed by atoms with Gasteiger partial charge in [0.05, 0.1) is 6.61 Å². The van der Waals surface area contributed by atoms with Crippen molar-refractivity contribution >= 4 is 29.9 Å². The van der Waals surface area contributed by atoms with Crippen LogP contribution in [-0.4, -0.2) is 33.3 Å². The summed E-state index contributed by atoms with van der Waals surface area (Å²) in [5.74, 6) is 1.21. The van der Waals surface area contributed by atoms with Crippen LogP contribution < -0.4 is 15.4 Å². The van der Waals surface area contributed by atoms with E-state index in [1.807, 2.05) is 30.3 Å². The van der Waals surface area contributed by atoms with Crippen LogP contribution in [0, 0.1) is 5.82 Å². The maximum atomic E-state index is 13.7. The van der Waals surface area contributed by atoms with Crippen molar-refractivity contribution in [3.8, 4) is 5.75 Å². The number of hydrogen-bond acceptors (Lipinski definition) is 3. The summed E-state index contributed by atoms with van der Waals surface area (Å²) < 4.78 is 24.4. The Morgan fingerprint density at radius 3 is 2.56 bits per heavy atom. The van der Waals surface area contributed by atoms with E-state index in [4.69, 9.17) is 9.47 Å². The highest BCUT2D eigenvalue weighted by Gasteiger charge is 2.03. The van der Waals surface area contributed by atoms with Crippen LogP contribution in [0.15, 0.2) is 53.5 Å². The van der Waals surface area contributed by atoms with Crippen LogP contribution in [0.3, 0.4) is 0 Å². The lowest BCUT2D eigenvalue weighted by Crippen LogP contribution is -2.36. The highest BCUT2D eigenvalue weighted by atomic mass is 127. The van der Waals surface area contributed by atoms with Gasteiger partial charge in [0.15, 0.2) is 5.96 Å². The molecular formula is C20H27FIN3O2. The molecule has 5 nitrogen and oxygen atoms in total. The standard InChI is InChI=1S/C20H26FN3O2.HI/c1-22-20(24-15-17-8-3-4-10-19(17)21)23-14-16-7-5-9-18(13-16)26-12-6-11-25-2;/h3-5,7-10,13H,6,11-12,14-15H2,1-2H3,(H2,22,23,24);1H. The molecule has 0 aliphatic carbocycles. The van der Waals surface area contributed by atoms with Crippen LogP contribution in [0.1, 0.15) is 17.5 Å². The van der Waals surface area contributed by atoms with Gasteiger partial charge in [0.2, 0.25) is 0 Å². The second-order valence-corrected chi connectivity index (χ2v) is 5.71. The maximum absolute atomic E-state index is 13.7. The first kappa shape index (κ1) is 23.2. The summed E-state index contributed by atoms with van der Waals surface area (Å²) >= 11 is 0. The summed E-state index contributed by atoms with van der Waals surface area (Å²) in [4.78, 5) is 4.17. The lowest BCUT2D eigenvalue weighted by molar-refractivity contribution is 0.172. The normalized spacial score (nSPS) is 10.9. The molecule has 2 aromatic rings. The van der Waals surface area contributed by atoms with Gasteiger partial charge >= 0.3 is 0 Å². The minimum Gasteiger partial charge on any atom is -0.493 e. The molecule has 7 heteroatoms. The van der Waals surface area contributed by atoms with E-state index in [2.05, 4.69) is 15.6 Å². The Hall–Kier alpha value is -1.87. The molecule has 0 radical (unpaired) electrons. The van der Waals surface area contributed by atoms with Gasteiger partial charge in [0.1, 0.15) is 11.6 Å². The van der Waals surface area contributed by atoms with Crippen molar-refractivity contribution in [2.75, 3.05) is 27.4 Å². The summed E-state index contributed by atoms with van der Waals surface area (Å²) in [6.07, 6.45) is 0.853. The summed E-state index contributed by atoms with van der Waals surface area (Å²) in [7, 11) is 3.37. The van der Waals surface area contributed by atoms with Gasteiger partial charge in [0.25, 0.3) is 0 Å². The molecule has 2 N–H and O–H groups in total. The Bertz CT molecular complexity index is 713. The number of ether oxygens (including phenoxy) is 2. The van der Waals surface area contributed by atoms with Crippen LogP contribution in [-0.2, 0) is 17.8 Å². The zero-order valence-electron chi connectivity index (χ0n) is 15.7. The number of nitrogens with zero attached hydrogens (tertiary/aromatic N) is 1. The molecule has 0 aromatic heterocycles. The van der Waals surface area contributed by atoms with Crippen molar-refractivity contribution in [3.05, 3.63) is 65.5 Å². The summed E-state index contributed by atoms with van der Waals surface area (Å²) in [5.41, 5.74) is 1.67. The van der Waals surface area contributed by atoms with Gasteiger partial charge < -0.3 is 20.1 Å². The molecule has 0 saturated heterocycles. The quantitative estimate of drug-likeness (QED) is 0.245. The van der Waals surface area contributed by atoms with Gasteiger partial charge in [-0.3, -0.25) is 4.99 Å². The third kappa shape index (κ3) is 8.57. The molecule has 2 aromatic carbocycles. The zero-order valence-corrected chi connectivity index (χ0v) is 18.0. The van der Waals surface area contributed by atoms with E-state index in [0.29, 0.717) is 37.8 Å². The predicted molar refractivity (Wildman–Crippen MR) is 117 cm³/mol. The molecule has 0 atom stereocenters. The SMILES string of the molecule is CN=C(NCc1cccc(OCCCOC)c1)NCc1ccccc1F.I. The van der Waals surface area contributed by atoms with Crippen LogP contribution in [0.5, 0.6) is 5.75 Å². The zero-order chi connectivity index (χ0) is 18.6. The van der Waals surface area contributed by atoms with Crippen molar-refractivity contribution in [2.45, 2.75) is 19.5 Å². The summed E-state index contributed by atoms with van der Waals surface area (Å²) in [5, 5.41) is 6.33. The Morgan fingerprint density at radius 2 is 1.81 bits per heavy atom. The number of guanidine groups is 1. The van der Waals surface area contributed by atoms with Gasteiger partial charge in [-0.1, -0.05) is 30.3 Å². The molecule has 148 valence electrons. The molecule has 27 heavy (non-hydrogen) atoms. The Labute approximate surface area is 177 Å². The largest absolute Gasteiger partial charge is 0.493 e. The number of benzene rings is 2. The lowest BCUT2D eigenvalue weighted by atomic mass is 10.2. The molecule has 2 rings (SSSR count). The highest BCUT2D eigenvalue weighted by Crippen LogP contribution is 2.13. The van der Waals surface area contributed by atoms with E-state index in [1.54, 1.807) is 26.3 Å². The molecular weight excluding hydrogens is 460 g/mol. The number of nitrogens with one attached hydrogen (secondary N) is 2. The molecule has 0 unspecified atom stereocenters. The first-order valence-electron chi connectivity index (χ1n) is 8.61. The number of hydrogen-bond donors (Lipinski definition) is 2. The van der Waals surface area contributed by atoms with Gasteiger partial charge in [-0.05, 0) is 23.8 Å². The van der Waals surface area contributed by atoms with E-state index in [0.717, 1.165) is 17.7 Å².